The van der Waals surface area contributed by atoms with Gasteiger partial charge in [-0.3, -0.25) is 9.69 Å². The number of amides is 1. The van der Waals surface area contributed by atoms with Gasteiger partial charge in [0.05, 0.1) is 13.2 Å². The Morgan fingerprint density at radius 2 is 1.92 bits per heavy atom. The molecule has 1 aromatic heterocycles. The Balaban J connectivity index is 1.52. The normalized spacial score (nSPS) is 19.3. The fraction of sp³-hybridized carbons (Fsp3) is 0.531. The second-order valence-corrected chi connectivity index (χ2v) is 11.6. The molecule has 2 saturated heterocycles. The molecule has 3 heterocycles. The van der Waals surface area contributed by atoms with Crippen LogP contribution in [0, 0.1) is 0 Å². The molecule has 200 valence electrons. The van der Waals surface area contributed by atoms with Gasteiger partial charge in [0.1, 0.15) is 0 Å². The van der Waals surface area contributed by atoms with Crippen molar-refractivity contribution in [3.8, 4) is 0 Å². The zero-order valence-electron chi connectivity index (χ0n) is 23.7. The second-order valence-electron chi connectivity index (χ2n) is 11.6. The smallest absolute Gasteiger partial charge is 0.236 e. The number of H-pyrrole nitrogens is 1. The van der Waals surface area contributed by atoms with Crippen molar-refractivity contribution >= 4 is 22.4 Å². The van der Waals surface area contributed by atoms with Gasteiger partial charge >= 0.3 is 0 Å². The van der Waals surface area contributed by atoms with Crippen LogP contribution in [0.25, 0.3) is 16.5 Å². The van der Waals surface area contributed by atoms with Crippen molar-refractivity contribution < 1.29 is 9.53 Å². The van der Waals surface area contributed by atoms with E-state index in [9.17, 15) is 4.79 Å². The van der Waals surface area contributed by atoms with E-state index in [0.717, 1.165) is 51.1 Å². The first-order valence-electron chi connectivity index (χ1n) is 13.9. The van der Waals surface area contributed by atoms with Crippen molar-refractivity contribution in [2.24, 2.45) is 0 Å². The molecule has 1 aromatic carbocycles. The van der Waals surface area contributed by atoms with Crippen LogP contribution in [-0.2, 0) is 9.53 Å². The molecule has 0 saturated carbocycles. The molecule has 4 rings (SSSR count). The Kier molecular flexibility index (Phi) is 8.76. The van der Waals surface area contributed by atoms with Crippen molar-refractivity contribution in [3.63, 3.8) is 0 Å². The molecule has 1 amide bonds. The molecule has 37 heavy (non-hydrogen) atoms. The number of aromatic amines is 1. The van der Waals surface area contributed by atoms with Crippen LogP contribution in [0.5, 0.6) is 0 Å². The van der Waals surface area contributed by atoms with E-state index in [0.29, 0.717) is 24.4 Å². The van der Waals surface area contributed by atoms with Gasteiger partial charge in [-0.15, -0.1) is 0 Å². The van der Waals surface area contributed by atoms with E-state index in [2.05, 4.69) is 79.4 Å². The number of piperidine rings is 1. The summed E-state index contributed by atoms with van der Waals surface area (Å²) in [6, 6.07) is 7.31. The van der Waals surface area contributed by atoms with Gasteiger partial charge in [0, 0.05) is 42.3 Å². The summed E-state index contributed by atoms with van der Waals surface area (Å²) in [5, 5.41) is 1.32. The minimum absolute atomic E-state index is 0.247. The van der Waals surface area contributed by atoms with Crippen LogP contribution in [0.3, 0.4) is 0 Å². The van der Waals surface area contributed by atoms with Gasteiger partial charge in [0.25, 0.3) is 0 Å². The summed E-state index contributed by atoms with van der Waals surface area (Å²) in [4.78, 5) is 20.9. The molecular weight excluding hydrogens is 458 g/mol. The molecule has 0 radical (unpaired) electrons. The number of carbonyl (C=O) groups is 1. The van der Waals surface area contributed by atoms with Gasteiger partial charge in [-0.05, 0) is 87.7 Å². The van der Waals surface area contributed by atoms with E-state index in [4.69, 9.17) is 4.74 Å². The van der Waals surface area contributed by atoms with E-state index in [-0.39, 0.29) is 5.91 Å². The molecule has 5 heteroatoms. The highest BCUT2D eigenvalue weighted by molar-refractivity contribution is 5.92. The summed E-state index contributed by atoms with van der Waals surface area (Å²) in [5.74, 6) is 1.12. The number of hydrogen-bond donors (Lipinski definition) is 1. The quantitative estimate of drug-likeness (QED) is 0.411. The zero-order chi connectivity index (χ0) is 26.7. The van der Waals surface area contributed by atoms with Crippen LogP contribution in [0.4, 0.5) is 0 Å². The SMILES string of the molecule is C=C(C)/C=C(\C=C(C)C)c1[nH]c2ccc(C3CCN(C(=O)CN(C)[C@H]4CCOC4)CC3)cc2c1C(C)C. The monoisotopic (exact) mass is 503 g/mol. The fourth-order valence-corrected chi connectivity index (χ4v) is 5.85. The topological polar surface area (TPSA) is 48.6 Å². The molecule has 0 aliphatic carbocycles. The van der Waals surface area contributed by atoms with E-state index in [1.165, 1.54) is 38.9 Å². The average Bonchev–Trinajstić information content (AvgIpc) is 3.51. The van der Waals surface area contributed by atoms with Crippen molar-refractivity contribution in [3.05, 3.63) is 64.9 Å². The predicted molar refractivity (Wildman–Crippen MR) is 155 cm³/mol. The third kappa shape index (κ3) is 6.45. The minimum atomic E-state index is 0.247. The summed E-state index contributed by atoms with van der Waals surface area (Å²) < 4.78 is 5.49. The van der Waals surface area contributed by atoms with Crippen LogP contribution in [-0.4, -0.2) is 66.6 Å². The molecule has 2 aliphatic heterocycles. The fourth-order valence-electron chi connectivity index (χ4n) is 5.85. The third-order valence-corrected chi connectivity index (χ3v) is 7.81. The van der Waals surface area contributed by atoms with Crippen LogP contribution in [0.1, 0.15) is 82.5 Å². The first-order valence-corrected chi connectivity index (χ1v) is 13.9. The largest absolute Gasteiger partial charge is 0.380 e. The number of likely N-dealkylation sites (N-methyl/N-ethyl adjacent to an activating group) is 1. The predicted octanol–water partition coefficient (Wildman–Crippen LogP) is 6.64. The van der Waals surface area contributed by atoms with E-state index < -0.39 is 0 Å². The lowest BCUT2D eigenvalue weighted by molar-refractivity contribution is -0.133. The number of rotatable bonds is 8. The molecule has 0 unspecified atom stereocenters. The number of hydrogen-bond acceptors (Lipinski definition) is 3. The highest BCUT2D eigenvalue weighted by Gasteiger charge is 2.28. The summed E-state index contributed by atoms with van der Waals surface area (Å²) >= 11 is 0. The summed E-state index contributed by atoms with van der Waals surface area (Å²) in [7, 11) is 2.05. The van der Waals surface area contributed by atoms with Gasteiger partial charge < -0.3 is 14.6 Å². The first-order chi connectivity index (χ1) is 17.6. The van der Waals surface area contributed by atoms with Gasteiger partial charge in [-0.1, -0.05) is 49.8 Å². The number of nitrogens with zero attached hydrogens (tertiary/aromatic N) is 2. The van der Waals surface area contributed by atoms with E-state index in [1.54, 1.807) is 0 Å². The Labute approximate surface area is 223 Å². The molecule has 0 bridgehead atoms. The van der Waals surface area contributed by atoms with Crippen LogP contribution in [0.15, 0.2) is 48.1 Å². The lowest BCUT2D eigenvalue weighted by atomic mass is 9.87. The lowest BCUT2D eigenvalue weighted by Gasteiger charge is -2.34. The maximum atomic E-state index is 12.9. The third-order valence-electron chi connectivity index (χ3n) is 7.81. The number of benzene rings is 1. The second kappa shape index (κ2) is 11.8. The average molecular weight is 504 g/mol. The Bertz CT molecular complexity index is 1180. The standard InChI is InChI=1S/C32H45N3O2/c1-21(2)16-26(17-22(3)4)32-31(23(5)6)28-18-25(8-9-29(28)33-32)24-10-13-35(14-11-24)30(36)19-34(7)27-12-15-37-20-27/h8-9,16-18,23-24,27,33H,1,10-15,19-20H2,2-7H3/b26-16+/t27-/m0/s1. The molecule has 0 spiro atoms. The van der Waals surface area contributed by atoms with E-state index >= 15 is 0 Å². The van der Waals surface area contributed by atoms with Crippen LogP contribution in [0.2, 0.25) is 0 Å². The van der Waals surface area contributed by atoms with Gasteiger partial charge in [-0.25, -0.2) is 0 Å². The number of ether oxygens (including phenoxy) is 1. The number of allylic oxidation sites excluding steroid dienone is 5. The van der Waals surface area contributed by atoms with Crippen molar-refractivity contribution in [1.82, 2.24) is 14.8 Å². The van der Waals surface area contributed by atoms with Gasteiger partial charge in [-0.2, -0.15) is 0 Å². The highest BCUT2D eigenvalue weighted by Crippen LogP contribution is 2.37. The lowest BCUT2D eigenvalue weighted by Crippen LogP contribution is -2.45. The molecule has 1 atom stereocenters. The van der Waals surface area contributed by atoms with Crippen LogP contribution < -0.4 is 0 Å². The summed E-state index contributed by atoms with van der Waals surface area (Å²) in [6.45, 7) is 18.7. The minimum Gasteiger partial charge on any atom is -0.380 e. The number of likely N-dealkylation sites (tertiary alicyclic amines) is 1. The molecule has 2 aliphatic rings. The number of nitrogens with one attached hydrogen (secondary N) is 1. The van der Waals surface area contributed by atoms with Crippen molar-refractivity contribution in [2.45, 2.75) is 71.8 Å². The molecule has 1 N–H and O–H groups in total. The molecular formula is C32H45N3O2. The maximum absolute atomic E-state index is 12.9. The molecule has 2 aromatic rings. The van der Waals surface area contributed by atoms with E-state index in [1.807, 2.05) is 14.0 Å². The highest BCUT2D eigenvalue weighted by atomic mass is 16.5. The summed E-state index contributed by atoms with van der Waals surface area (Å²) in [6.07, 6.45) is 7.47. The summed E-state index contributed by atoms with van der Waals surface area (Å²) in [5.41, 5.74) is 8.65. The van der Waals surface area contributed by atoms with Crippen molar-refractivity contribution in [1.29, 1.82) is 0 Å². The van der Waals surface area contributed by atoms with Crippen molar-refractivity contribution in [2.75, 3.05) is 39.9 Å². The van der Waals surface area contributed by atoms with Gasteiger partial charge in [0.15, 0.2) is 0 Å². The zero-order valence-corrected chi connectivity index (χ0v) is 23.7. The number of carbonyl (C=O) groups excluding carboxylic acids is 1. The Morgan fingerprint density at radius 1 is 1.19 bits per heavy atom. The molecule has 2 fully saturated rings. The van der Waals surface area contributed by atoms with Gasteiger partial charge in [0.2, 0.25) is 5.91 Å². The van der Waals surface area contributed by atoms with Crippen LogP contribution >= 0.6 is 0 Å². The maximum Gasteiger partial charge on any atom is 0.236 e. The number of fused-ring (bicyclic) bond motifs is 1. The Morgan fingerprint density at radius 3 is 2.51 bits per heavy atom. The molecule has 5 nitrogen and oxygen atoms in total. The number of aromatic nitrogens is 1. The first kappa shape index (κ1) is 27.4. The Hall–Kier alpha value is -2.63.